The summed E-state index contributed by atoms with van der Waals surface area (Å²) in [4.78, 5) is 24.8. The second-order valence-corrected chi connectivity index (χ2v) is 5.82. The molecule has 1 aliphatic heterocycles. The Bertz CT molecular complexity index is 547. The molecule has 5 nitrogen and oxygen atoms in total. The van der Waals surface area contributed by atoms with Crippen molar-refractivity contribution in [1.82, 2.24) is 4.90 Å². The highest BCUT2D eigenvalue weighted by molar-refractivity contribution is 6.21. The highest BCUT2D eigenvalue weighted by Crippen LogP contribution is 2.27. The van der Waals surface area contributed by atoms with Crippen LogP contribution in [-0.4, -0.2) is 34.2 Å². The summed E-state index contributed by atoms with van der Waals surface area (Å²) in [7, 11) is 0. The van der Waals surface area contributed by atoms with Crippen molar-refractivity contribution in [3.8, 4) is 0 Å². The monoisotopic (exact) mass is 296 g/mol. The molecule has 108 valence electrons. The Morgan fingerprint density at radius 3 is 2.80 bits per heavy atom. The molecule has 1 heterocycles. The number of carbonyl (C=O) groups is 1. The average molecular weight is 297 g/mol. The van der Waals surface area contributed by atoms with Crippen molar-refractivity contribution in [3.63, 3.8) is 0 Å². The Labute approximate surface area is 122 Å². The van der Waals surface area contributed by atoms with Gasteiger partial charge in [-0.2, -0.15) is 0 Å². The van der Waals surface area contributed by atoms with Crippen molar-refractivity contribution in [1.29, 1.82) is 0 Å². The first-order chi connectivity index (χ1) is 9.41. The number of nitro groups is 1. The summed E-state index contributed by atoms with van der Waals surface area (Å²) in [6.07, 6.45) is 0.819. The highest BCUT2D eigenvalue weighted by atomic mass is 35.5. The molecule has 0 aliphatic carbocycles. The lowest BCUT2D eigenvalue weighted by Gasteiger charge is -2.34. The second kappa shape index (κ2) is 5.79. The molecule has 6 heteroatoms. The van der Waals surface area contributed by atoms with Gasteiger partial charge >= 0.3 is 0 Å². The lowest BCUT2D eigenvalue weighted by molar-refractivity contribution is -0.385. The largest absolute Gasteiger partial charge is 0.337 e. The molecule has 1 fully saturated rings. The molecular weight excluding hydrogens is 280 g/mol. The number of amides is 1. The van der Waals surface area contributed by atoms with Crippen molar-refractivity contribution in [2.24, 2.45) is 5.92 Å². The molecule has 0 bridgehead atoms. The summed E-state index contributed by atoms with van der Waals surface area (Å²) in [5, 5.41) is 11.0. The van der Waals surface area contributed by atoms with Gasteiger partial charge in [0, 0.05) is 19.2 Å². The average Bonchev–Trinajstić information content (AvgIpc) is 2.40. The van der Waals surface area contributed by atoms with E-state index in [9.17, 15) is 14.9 Å². The molecule has 0 radical (unpaired) electrons. The van der Waals surface area contributed by atoms with Crippen LogP contribution in [0.5, 0.6) is 0 Å². The summed E-state index contributed by atoms with van der Waals surface area (Å²) in [6, 6.07) is 4.67. The van der Waals surface area contributed by atoms with Crippen LogP contribution in [0.25, 0.3) is 0 Å². The van der Waals surface area contributed by atoms with E-state index in [2.05, 4.69) is 6.92 Å². The number of alkyl halides is 1. The van der Waals surface area contributed by atoms with Gasteiger partial charge in [0.2, 0.25) is 0 Å². The summed E-state index contributed by atoms with van der Waals surface area (Å²) < 4.78 is 0. The summed E-state index contributed by atoms with van der Waals surface area (Å²) in [5.74, 6) is 0.0555. The van der Waals surface area contributed by atoms with Crippen LogP contribution in [0.1, 0.15) is 29.3 Å². The SMILES string of the molecule is Cc1cccc([N+](=O)[O-])c1C(=O)N1CCC(C)C(Cl)C1. The lowest BCUT2D eigenvalue weighted by Crippen LogP contribution is -2.44. The van der Waals surface area contributed by atoms with Gasteiger partial charge < -0.3 is 4.90 Å². The number of rotatable bonds is 2. The molecule has 2 unspecified atom stereocenters. The minimum Gasteiger partial charge on any atom is -0.337 e. The topological polar surface area (TPSA) is 63.5 Å². The molecule has 0 N–H and O–H groups in total. The fourth-order valence-electron chi connectivity index (χ4n) is 2.45. The van der Waals surface area contributed by atoms with Gasteiger partial charge in [-0.1, -0.05) is 19.1 Å². The number of piperidine rings is 1. The van der Waals surface area contributed by atoms with E-state index in [0.29, 0.717) is 24.6 Å². The lowest BCUT2D eigenvalue weighted by atomic mass is 9.97. The zero-order chi connectivity index (χ0) is 14.9. The predicted octanol–water partition coefficient (Wildman–Crippen LogP) is 2.99. The van der Waals surface area contributed by atoms with Gasteiger partial charge in [-0.3, -0.25) is 14.9 Å². The predicted molar refractivity (Wildman–Crippen MR) is 77.2 cm³/mol. The number of halogens is 1. The quantitative estimate of drug-likeness (QED) is 0.479. The molecule has 1 saturated heterocycles. The molecule has 0 aromatic heterocycles. The van der Waals surface area contributed by atoms with Crippen molar-refractivity contribution < 1.29 is 9.72 Å². The first-order valence-corrected chi connectivity index (χ1v) is 7.02. The van der Waals surface area contributed by atoms with E-state index in [1.807, 2.05) is 0 Å². The number of aryl methyl sites for hydroxylation is 1. The van der Waals surface area contributed by atoms with E-state index >= 15 is 0 Å². The van der Waals surface area contributed by atoms with Gasteiger partial charge in [0.05, 0.1) is 10.3 Å². The van der Waals surface area contributed by atoms with E-state index in [1.165, 1.54) is 6.07 Å². The number of likely N-dealkylation sites (tertiary alicyclic amines) is 1. The van der Waals surface area contributed by atoms with Crippen LogP contribution in [0.3, 0.4) is 0 Å². The second-order valence-electron chi connectivity index (χ2n) is 5.26. The van der Waals surface area contributed by atoms with Crippen LogP contribution in [-0.2, 0) is 0 Å². The van der Waals surface area contributed by atoms with Crippen molar-refractivity contribution in [3.05, 3.63) is 39.4 Å². The van der Waals surface area contributed by atoms with Gasteiger partial charge in [-0.25, -0.2) is 0 Å². The van der Waals surface area contributed by atoms with Crippen LogP contribution in [0.4, 0.5) is 5.69 Å². The third kappa shape index (κ3) is 2.77. The zero-order valence-electron chi connectivity index (χ0n) is 11.5. The number of benzene rings is 1. The molecule has 1 aliphatic rings. The Balaban J connectivity index is 2.32. The molecule has 20 heavy (non-hydrogen) atoms. The first-order valence-electron chi connectivity index (χ1n) is 6.59. The van der Waals surface area contributed by atoms with E-state index in [1.54, 1.807) is 24.0 Å². The zero-order valence-corrected chi connectivity index (χ0v) is 12.3. The van der Waals surface area contributed by atoms with Crippen molar-refractivity contribution in [2.45, 2.75) is 25.6 Å². The minimum absolute atomic E-state index is 0.101. The Hall–Kier alpha value is -1.62. The molecule has 2 rings (SSSR count). The summed E-state index contributed by atoms with van der Waals surface area (Å²) >= 11 is 6.21. The number of nitrogens with zero attached hydrogens (tertiary/aromatic N) is 2. The summed E-state index contributed by atoms with van der Waals surface area (Å²) in [6.45, 7) is 4.79. The molecule has 1 aromatic rings. The maximum absolute atomic E-state index is 12.6. The Morgan fingerprint density at radius 1 is 1.50 bits per heavy atom. The number of hydrogen-bond acceptors (Lipinski definition) is 3. The fourth-order valence-corrected chi connectivity index (χ4v) is 2.74. The van der Waals surface area contributed by atoms with E-state index in [4.69, 9.17) is 11.6 Å². The van der Waals surface area contributed by atoms with Crippen molar-refractivity contribution in [2.75, 3.05) is 13.1 Å². The van der Waals surface area contributed by atoms with Gasteiger partial charge in [0.25, 0.3) is 11.6 Å². The van der Waals surface area contributed by atoms with Crippen LogP contribution < -0.4 is 0 Å². The molecule has 1 amide bonds. The third-order valence-electron chi connectivity index (χ3n) is 3.82. The van der Waals surface area contributed by atoms with Gasteiger partial charge in [0.15, 0.2) is 0 Å². The number of nitro benzene ring substituents is 1. The molecule has 0 spiro atoms. The Kier molecular flexibility index (Phi) is 4.28. The Morgan fingerprint density at radius 2 is 2.20 bits per heavy atom. The fraction of sp³-hybridized carbons (Fsp3) is 0.500. The third-order valence-corrected chi connectivity index (χ3v) is 4.38. The number of hydrogen-bond donors (Lipinski definition) is 0. The molecule has 1 aromatic carbocycles. The standard InChI is InChI=1S/C14H17ClN2O3/c1-9-6-7-16(8-11(9)15)14(18)13-10(2)4-3-5-12(13)17(19)20/h3-5,9,11H,6-8H2,1-2H3. The molecular formula is C14H17ClN2O3. The van der Waals surface area contributed by atoms with Crippen LogP contribution >= 0.6 is 11.6 Å². The summed E-state index contributed by atoms with van der Waals surface area (Å²) in [5.41, 5.74) is 0.657. The first kappa shape index (κ1) is 14.8. The van der Waals surface area contributed by atoms with Crippen molar-refractivity contribution >= 4 is 23.2 Å². The number of carbonyl (C=O) groups excluding carboxylic acids is 1. The smallest absolute Gasteiger partial charge is 0.282 e. The van der Waals surface area contributed by atoms with Crippen LogP contribution in [0, 0.1) is 23.0 Å². The van der Waals surface area contributed by atoms with E-state index in [-0.39, 0.29) is 22.5 Å². The highest BCUT2D eigenvalue weighted by Gasteiger charge is 2.31. The maximum Gasteiger partial charge on any atom is 0.282 e. The van der Waals surface area contributed by atoms with Crippen LogP contribution in [0.2, 0.25) is 0 Å². The van der Waals surface area contributed by atoms with Gasteiger partial charge in [0.1, 0.15) is 5.56 Å². The normalized spacial score (nSPS) is 22.6. The minimum atomic E-state index is -0.509. The van der Waals surface area contributed by atoms with Gasteiger partial charge in [-0.15, -0.1) is 11.6 Å². The maximum atomic E-state index is 12.6. The van der Waals surface area contributed by atoms with Gasteiger partial charge in [-0.05, 0) is 24.8 Å². The van der Waals surface area contributed by atoms with E-state index < -0.39 is 4.92 Å². The van der Waals surface area contributed by atoms with Crippen LogP contribution in [0.15, 0.2) is 18.2 Å². The van der Waals surface area contributed by atoms with E-state index in [0.717, 1.165) is 6.42 Å². The molecule has 2 atom stereocenters. The molecule has 0 saturated carbocycles.